The second kappa shape index (κ2) is 7.63. The lowest BCUT2D eigenvalue weighted by atomic mass is 10.1. The van der Waals surface area contributed by atoms with Crippen LogP contribution in [0.2, 0.25) is 5.02 Å². The van der Waals surface area contributed by atoms with E-state index < -0.39 is 0 Å². The number of hydrogen-bond donors (Lipinski definition) is 0. The highest BCUT2D eigenvalue weighted by molar-refractivity contribution is 7.38. The Balaban J connectivity index is 1.60. The minimum absolute atomic E-state index is 0.816. The van der Waals surface area contributed by atoms with Crippen LogP contribution in [0.3, 0.4) is 0 Å². The molecule has 0 fully saturated rings. The van der Waals surface area contributed by atoms with Gasteiger partial charge in [-0.15, -0.1) is 22.7 Å². The quantitative estimate of drug-likeness (QED) is 0.398. The lowest BCUT2D eigenvalue weighted by Gasteiger charge is -1.99. The van der Waals surface area contributed by atoms with E-state index in [0.717, 1.165) is 17.9 Å². The number of aryl methyl sites for hydroxylation is 3. The summed E-state index contributed by atoms with van der Waals surface area (Å²) in [5.74, 6) is 0. The van der Waals surface area contributed by atoms with Crippen molar-refractivity contribution in [1.82, 2.24) is 0 Å². The molecule has 0 nitrogen and oxygen atoms in total. The molecule has 0 saturated heterocycles. The SMILES string of the molecule is CCCCCc1cc2cc(CCc3ccc(Cl)cc3)sc2s1. The van der Waals surface area contributed by atoms with E-state index in [2.05, 4.69) is 31.2 Å². The van der Waals surface area contributed by atoms with E-state index in [1.54, 1.807) is 4.88 Å². The molecule has 2 aromatic heterocycles. The molecular weight excluding hydrogens is 328 g/mol. The highest BCUT2D eigenvalue weighted by Gasteiger charge is 2.07. The maximum Gasteiger partial charge on any atom is 0.0870 e. The zero-order chi connectivity index (χ0) is 15.4. The molecule has 116 valence electrons. The molecule has 0 aliphatic rings. The molecule has 0 atom stereocenters. The molecule has 0 radical (unpaired) electrons. The zero-order valence-corrected chi connectivity index (χ0v) is 15.3. The van der Waals surface area contributed by atoms with Crippen molar-refractivity contribution in [3.05, 3.63) is 56.7 Å². The third-order valence-electron chi connectivity index (χ3n) is 3.92. The van der Waals surface area contributed by atoms with Crippen molar-refractivity contribution in [3.63, 3.8) is 0 Å². The van der Waals surface area contributed by atoms with Crippen LogP contribution in [0.15, 0.2) is 36.4 Å². The normalized spacial score (nSPS) is 11.4. The smallest absolute Gasteiger partial charge is 0.0870 e. The first-order valence-corrected chi connectivity index (χ1v) is 10.0. The topological polar surface area (TPSA) is 0 Å². The molecule has 0 amide bonds. The first-order valence-electron chi connectivity index (χ1n) is 8.00. The van der Waals surface area contributed by atoms with Gasteiger partial charge in [-0.1, -0.05) is 43.5 Å². The largest absolute Gasteiger partial charge is 0.129 e. The number of fused-ring (bicyclic) bond motifs is 1. The van der Waals surface area contributed by atoms with Crippen molar-refractivity contribution in [3.8, 4) is 0 Å². The van der Waals surface area contributed by atoms with Crippen LogP contribution in [0.5, 0.6) is 0 Å². The molecule has 0 aliphatic heterocycles. The predicted octanol–water partition coefficient (Wildman–Crippen LogP) is 7.13. The molecule has 0 spiro atoms. The Kier molecular flexibility index (Phi) is 5.56. The monoisotopic (exact) mass is 348 g/mol. The third-order valence-corrected chi connectivity index (χ3v) is 6.68. The van der Waals surface area contributed by atoms with Gasteiger partial charge in [0, 0.05) is 20.2 Å². The molecule has 3 aromatic rings. The summed E-state index contributed by atoms with van der Waals surface area (Å²) in [6.07, 6.45) is 7.44. The van der Waals surface area contributed by atoms with Gasteiger partial charge >= 0.3 is 0 Å². The average Bonchev–Trinajstić information content (AvgIpc) is 3.05. The van der Waals surface area contributed by atoms with Gasteiger partial charge in [0.1, 0.15) is 0 Å². The molecule has 0 aliphatic carbocycles. The number of benzene rings is 1. The van der Waals surface area contributed by atoms with Crippen LogP contribution in [0.4, 0.5) is 0 Å². The van der Waals surface area contributed by atoms with Gasteiger partial charge in [-0.3, -0.25) is 0 Å². The maximum absolute atomic E-state index is 5.93. The molecule has 3 heteroatoms. The van der Waals surface area contributed by atoms with Gasteiger partial charge in [0.05, 0.1) is 4.01 Å². The van der Waals surface area contributed by atoms with Crippen LogP contribution < -0.4 is 0 Å². The highest BCUT2D eigenvalue weighted by atomic mass is 35.5. The van der Waals surface area contributed by atoms with E-state index >= 15 is 0 Å². The first kappa shape index (κ1) is 16.0. The van der Waals surface area contributed by atoms with Crippen molar-refractivity contribution in [2.45, 2.75) is 45.4 Å². The second-order valence-electron chi connectivity index (χ2n) is 5.75. The third kappa shape index (κ3) is 4.13. The summed E-state index contributed by atoms with van der Waals surface area (Å²) >= 11 is 9.90. The average molecular weight is 349 g/mol. The minimum Gasteiger partial charge on any atom is -0.129 e. The van der Waals surface area contributed by atoms with Crippen molar-refractivity contribution >= 4 is 43.7 Å². The molecule has 3 rings (SSSR count). The number of unbranched alkanes of at least 4 members (excludes halogenated alkanes) is 2. The van der Waals surface area contributed by atoms with E-state index in [0.29, 0.717) is 0 Å². The molecule has 0 bridgehead atoms. The lowest BCUT2D eigenvalue weighted by Crippen LogP contribution is -1.87. The number of halogens is 1. The van der Waals surface area contributed by atoms with E-state index in [1.165, 1.54) is 45.5 Å². The lowest BCUT2D eigenvalue weighted by molar-refractivity contribution is 0.723. The van der Waals surface area contributed by atoms with Gasteiger partial charge in [-0.05, 0) is 55.5 Å². The standard InChI is InChI=1S/C19H21ClS2/c1-2-3-4-5-17-12-15-13-18(22-19(15)21-17)11-8-14-6-9-16(20)10-7-14/h6-7,9-10,12-13H,2-5,8,11H2,1H3. The summed E-state index contributed by atoms with van der Waals surface area (Å²) in [4.78, 5) is 3.05. The summed E-state index contributed by atoms with van der Waals surface area (Å²) in [5, 5.41) is 2.27. The van der Waals surface area contributed by atoms with Crippen LogP contribution in [-0.4, -0.2) is 0 Å². The van der Waals surface area contributed by atoms with Crippen LogP contribution in [0, 0.1) is 0 Å². The Hall–Kier alpha value is -0.830. The van der Waals surface area contributed by atoms with Gasteiger partial charge < -0.3 is 0 Å². The predicted molar refractivity (Wildman–Crippen MR) is 102 cm³/mol. The fraction of sp³-hybridized carbons (Fsp3) is 0.368. The molecule has 22 heavy (non-hydrogen) atoms. The Morgan fingerprint density at radius 1 is 0.864 bits per heavy atom. The van der Waals surface area contributed by atoms with E-state index in [1.807, 2.05) is 34.8 Å². The van der Waals surface area contributed by atoms with Gasteiger partial charge in [-0.2, -0.15) is 0 Å². The van der Waals surface area contributed by atoms with Crippen molar-refractivity contribution in [2.24, 2.45) is 0 Å². The summed E-state index contributed by atoms with van der Waals surface area (Å²) in [7, 11) is 0. The first-order chi connectivity index (χ1) is 10.7. The van der Waals surface area contributed by atoms with Gasteiger partial charge in [-0.25, -0.2) is 0 Å². The molecule has 0 N–H and O–H groups in total. The minimum atomic E-state index is 0.816. The zero-order valence-electron chi connectivity index (χ0n) is 12.9. The molecule has 0 unspecified atom stereocenters. The number of thiophene rings is 2. The van der Waals surface area contributed by atoms with Gasteiger partial charge in [0.25, 0.3) is 0 Å². The molecule has 0 saturated carbocycles. The van der Waals surface area contributed by atoms with Crippen LogP contribution >= 0.6 is 34.3 Å². The van der Waals surface area contributed by atoms with Crippen LogP contribution in [0.25, 0.3) is 9.40 Å². The van der Waals surface area contributed by atoms with Crippen molar-refractivity contribution in [2.75, 3.05) is 0 Å². The fourth-order valence-electron chi connectivity index (χ4n) is 2.66. The van der Waals surface area contributed by atoms with Crippen molar-refractivity contribution in [1.29, 1.82) is 0 Å². The highest BCUT2D eigenvalue weighted by Crippen LogP contribution is 2.34. The van der Waals surface area contributed by atoms with Crippen LogP contribution in [0.1, 0.15) is 41.5 Å². The van der Waals surface area contributed by atoms with Gasteiger partial charge in [0.2, 0.25) is 0 Å². The Bertz CT molecular complexity index is 690. The fourth-order valence-corrected chi connectivity index (χ4v) is 5.36. The van der Waals surface area contributed by atoms with Crippen molar-refractivity contribution < 1.29 is 0 Å². The molecular formula is C19H21ClS2. The number of hydrogen-bond acceptors (Lipinski definition) is 2. The van der Waals surface area contributed by atoms with E-state index in [4.69, 9.17) is 11.6 Å². The second-order valence-corrected chi connectivity index (χ2v) is 8.72. The van der Waals surface area contributed by atoms with E-state index in [9.17, 15) is 0 Å². The Labute approximate surface area is 145 Å². The summed E-state index contributed by atoms with van der Waals surface area (Å²) in [6.45, 7) is 2.26. The Morgan fingerprint density at radius 3 is 2.18 bits per heavy atom. The molecule has 2 heterocycles. The van der Waals surface area contributed by atoms with Crippen LogP contribution in [-0.2, 0) is 19.3 Å². The van der Waals surface area contributed by atoms with Gasteiger partial charge in [0.15, 0.2) is 0 Å². The summed E-state index contributed by atoms with van der Waals surface area (Å²) in [6, 6.07) is 13.0. The maximum atomic E-state index is 5.93. The Morgan fingerprint density at radius 2 is 1.55 bits per heavy atom. The number of rotatable bonds is 7. The summed E-state index contributed by atoms with van der Waals surface area (Å²) in [5.41, 5.74) is 1.36. The van der Waals surface area contributed by atoms with E-state index in [-0.39, 0.29) is 0 Å². The summed E-state index contributed by atoms with van der Waals surface area (Å²) < 4.78 is 1.50. The molecule has 1 aromatic carbocycles.